The van der Waals surface area contributed by atoms with Gasteiger partial charge in [-0.15, -0.1) is 0 Å². The van der Waals surface area contributed by atoms with Crippen molar-refractivity contribution >= 4 is 28.7 Å². The van der Waals surface area contributed by atoms with Crippen molar-refractivity contribution in [3.8, 4) is 0 Å². The number of aromatic amines is 1. The van der Waals surface area contributed by atoms with E-state index in [9.17, 15) is 14.7 Å². The molecule has 0 unspecified atom stereocenters. The molecule has 3 rings (SSSR count). The summed E-state index contributed by atoms with van der Waals surface area (Å²) in [7, 11) is 0. The third-order valence-corrected chi connectivity index (χ3v) is 4.29. The second-order valence-corrected chi connectivity index (χ2v) is 6.62. The highest BCUT2D eigenvalue weighted by Crippen LogP contribution is 2.19. The fourth-order valence-corrected chi connectivity index (χ4v) is 2.85. The van der Waals surface area contributed by atoms with Crippen molar-refractivity contribution in [1.29, 1.82) is 0 Å². The number of fused-ring (bicyclic) bond motifs is 1. The number of nitrogens with zero attached hydrogens (tertiary/aromatic N) is 2. The van der Waals surface area contributed by atoms with Gasteiger partial charge >= 0.3 is 5.97 Å². The van der Waals surface area contributed by atoms with Crippen LogP contribution in [0.25, 0.3) is 10.9 Å². The highest BCUT2D eigenvalue weighted by atomic mass is 16.4. The topological polar surface area (TPSA) is 134 Å². The summed E-state index contributed by atoms with van der Waals surface area (Å²) in [5.41, 5.74) is 8.07. The summed E-state index contributed by atoms with van der Waals surface area (Å²) in [6.07, 6.45) is 1.90. The summed E-state index contributed by atoms with van der Waals surface area (Å²) in [6.45, 7) is 3.83. The lowest BCUT2D eigenvalue weighted by Crippen LogP contribution is -2.42. The van der Waals surface area contributed by atoms with Crippen LogP contribution < -0.4 is 11.1 Å². The number of nitrogen functional groups attached to an aromatic ring is 1. The lowest BCUT2D eigenvalue weighted by Gasteiger charge is -2.15. The van der Waals surface area contributed by atoms with Crippen LogP contribution in [-0.2, 0) is 11.2 Å². The summed E-state index contributed by atoms with van der Waals surface area (Å²) in [4.78, 5) is 35.4. The number of para-hydroxylation sites is 1. The van der Waals surface area contributed by atoms with Crippen LogP contribution in [-0.4, -0.2) is 38.0 Å². The van der Waals surface area contributed by atoms with E-state index in [2.05, 4.69) is 20.3 Å². The zero-order valence-corrected chi connectivity index (χ0v) is 15.1. The fourth-order valence-electron chi connectivity index (χ4n) is 2.85. The van der Waals surface area contributed by atoms with Crippen molar-refractivity contribution in [1.82, 2.24) is 20.3 Å². The highest BCUT2D eigenvalue weighted by molar-refractivity contribution is 5.95. The van der Waals surface area contributed by atoms with Crippen molar-refractivity contribution in [2.24, 2.45) is 0 Å². The van der Waals surface area contributed by atoms with E-state index in [0.29, 0.717) is 5.69 Å². The number of H-pyrrole nitrogens is 1. The highest BCUT2D eigenvalue weighted by Gasteiger charge is 2.24. The molecule has 0 bridgehead atoms. The minimum atomic E-state index is -1.13. The normalized spacial score (nSPS) is 12.3. The van der Waals surface area contributed by atoms with Gasteiger partial charge < -0.3 is 21.1 Å². The molecule has 1 atom stereocenters. The Hall–Kier alpha value is -3.42. The first-order valence-corrected chi connectivity index (χ1v) is 8.58. The molecule has 0 aliphatic carbocycles. The molecule has 140 valence electrons. The number of rotatable bonds is 6. The lowest BCUT2D eigenvalue weighted by atomic mass is 10.0. The Kier molecular flexibility index (Phi) is 5.07. The maximum absolute atomic E-state index is 12.6. The number of carbonyl (C=O) groups is 2. The van der Waals surface area contributed by atoms with Gasteiger partial charge in [0.1, 0.15) is 11.7 Å². The molecule has 8 nitrogen and oxygen atoms in total. The van der Waals surface area contributed by atoms with E-state index in [1.807, 2.05) is 38.1 Å². The molecule has 27 heavy (non-hydrogen) atoms. The first kappa shape index (κ1) is 18.4. The summed E-state index contributed by atoms with van der Waals surface area (Å²) < 4.78 is 0. The Morgan fingerprint density at radius 2 is 2.00 bits per heavy atom. The molecule has 2 aromatic heterocycles. The number of nitrogens with two attached hydrogens (primary N) is 1. The van der Waals surface area contributed by atoms with Crippen molar-refractivity contribution < 1.29 is 14.7 Å². The Labute approximate surface area is 155 Å². The van der Waals surface area contributed by atoms with Gasteiger partial charge in [0.25, 0.3) is 5.91 Å². The maximum Gasteiger partial charge on any atom is 0.326 e. The molecular weight excluding hydrogens is 346 g/mol. The molecule has 3 aromatic rings. The molecular formula is C19H21N5O3. The number of amides is 1. The van der Waals surface area contributed by atoms with E-state index in [-0.39, 0.29) is 24.0 Å². The Morgan fingerprint density at radius 3 is 2.70 bits per heavy atom. The molecule has 0 saturated heterocycles. The van der Waals surface area contributed by atoms with Gasteiger partial charge in [-0.2, -0.15) is 0 Å². The molecule has 5 N–H and O–H groups in total. The number of carboxylic acid groups (broad SMARTS) is 1. The molecule has 0 spiro atoms. The predicted octanol–water partition coefficient (Wildman–Crippen LogP) is 2.09. The summed E-state index contributed by atoms with van der Waals surface area (Å²) in [6, 6.07) is 8.01. The van der Waals surface area contributed by atoms with Crippen LogP contribution in [0, 0.1) is 0 Å². The Balaban J connectivity index is 1.82. The number of aliphatic carboxylic acids is 1. The van der Waals surface area contributed by atoms with Crippen LogP contribution in [0.15, 0.2) is 36.5 Å². The quantitative estimate of drug-likeness (QED) is 0.527. The third-order valence-electron chi connectivity index (χ3n) is 4.29. The predicted molar refractivity (Wildman–Crippen MR) is 101 cm³/mol. The first-order chi connectivity index (χ1) is 12.8. The van der Waals surface area contributed by atoms with Gasteiger partial charge in [0.2, 0.25) is 5.95 Å². The van der Waals surface area contributed by atoms with Gasteiger partial charge in [-0.1, -0.05) is 32.0 Å². The second kappa shape index (κ2) is 7.45. The lowest BCUT2D eigenvalue weighted by molar-refractivity contribution is -0.139. The molecule has 0 aliphatic rings. The molecule has 2 heterocycles. The number of nitrogens with one attached hydrogen (secondary N) is 2. The average Bonchev–Trinajstić information content (AvgIpc) is 3.03. The van der Waals surface area contributed by atoms with Crippen LogP contribution in [0.4, 0.5) is 5.95 Å². The molecule has 0 radical (unpaired) electrons. The zero-order valence-electron chi connectivity index (χ0n) is 15.1. The number of carboxylic acids is 1. The number of benzene rings is 1. The van der Waals surface area contributed by atoms with Crippen molar-refractivity contribution in [3.05, 3.63) is 53.5 Å². The van der Waals surface area contributed by atoms with E-state index in [1.165, 1.54) is 6.07 Å². The first-order valence-electron chi connectivity index (χ1n) is 8.58. The summed E-state index contributed by atoms with van der Waals surface area (Å²) in [5, 5.41) is 13.0. The monoisotopic (exact) mass is 367 g/mol. The van der Waals surface area contributed by atoms with E-state index in [0.717, 1.165) is 16.5 Å². The summed E-state index contributed by atoms with van der Waals surface area (Å²) >= 11 is 0. The number of carbonyl (C=O) groups excluding carboxylic acids is 1. The number of aromatic nitrogens is 3. The minimum Gasteiger partial charge on any atom is -0.480 e. The molecule has 1 aromatic carbocycles. The van der Waals surface area contributed by atoms with E-state index >= 15 is 0 Å². The summed E-state index contributed by atoms with van der Waals surface area (Å²) in [5.74, 6) is -1.68. The number of hydrogen-bond donors (Lipinski definition) is 4. The average molecular weight is 367 g/mol. The van der Waals surface area contributed by atoms with Crippen LogP contribution in [0.3, 0.4) is 0 Å². The van der Waals surface area contributed by atoms with Gasteiger partial charge in [-0.3, -0.25) is 4.79 Å². The molecule has 0 aliphatic heterocycles. The van der Waals surface area contributed by atoms with Crippen LogP contribution >= 0.6 is 0 Å². The molecule has 8 heteroatoms. The fraction of sp³-hybridized carbons (Fsp3) is 0.263. The standard InChI is InChI=1S/C19H21N5O3/c1-10(2)14-8-15(24-19(20)23-14)17(25)22-16(18(26)27)7-11-9-21-13-6-4-3-5-12(11)13/h3-6,8-10,16,21H,7H2,1-2H3,(H,22,25)(H,26,27)(H2,20,23,24)/t16-/m0/s1. The largest absolute Gasteiger partial charge is 0.480 e. The van der Waals surface area contributed by atoms with E-state index < -0.39 is 17.9 Å². The van der Waals surface area contributed by atoms with E-state index in [4.69, 9.17) is 5.73 Å². The molecule has 0 saturated carbocycles. The van der Waals surface area contributed by atoms with Gasteiger partial charge in [0.15, 0.2) is 0 Å². The Bertz CT molecular complexity index is 996. The van der Waals surface area contributed by atoms with Gasteiger partial charge in [0, 0.05) is 29.2 Å². The molecule has 1 amide bonds. The SMILES string of the molecule is CC(C)c1cc(C(=O)N[C@@H](Cc2c[nH]c3ccccc23)C(=O)O)nc(N)n1. The van der Waals surface area contributed by atoms with E-state index in [1.54, 1.807) is 6.20 Å². The van der Waals surface area contributed by atoms with Crippen molar-refractivity contribution in [2.75, 3.05) is 5.73 Å². The zero-order chi connectivity index (χ0) is 19.6. The van der Waals surface area contributed by atoms with Crippen LogP contribution in [0.5, 0.6) is 0 Å². The smallest absolute Gasteiger partial charge is 0.326 e. The maximum atomic E-state index is 12.6. The van der Waals surface area contributed by atoms with Crippen molar-refractivity contribution in [2.45, 2.75) is 32.2 Å². The van der Waals surface area contributed by atoms with Crippen LogP contribution in [0.2, 0.25) is 0 Å². The van der Waals surface area contributed by atoms with Crippen LogP contribution in [0.1, 0.15) is 41.5 Å². The van der Waals surface area contributed by atoms with Crippen molar-refractivity contribution in [3.63, 3.8) is 0 Å². The Morgan fingerprint density at radius 1 is 1.26 bits per heavy atom. The molecule has 0 fully saturated rings. The minimum absolute atomic E-state index is 0.0187. The number of hydrogen-bond acceptors (Lipinski definition) is 5. The van der Waals surface area contributed by atoms with Gasteiger partial charge in [-0.25, -0.2) is 14.8 Å². The third kappa shape index (κ3) is 4.05. The number of anilines is 1. The second-order valence-electron chi connectivity index (χ2n) is 6.62. The van der Waals surface area contributed by atoms with Gasteiger partial charge in [0.05, 0.1) is 0 Å². The van der Waals surface area contributed by atoms with Gasteiger partial charge in [-0.05, 0) is 23.6 Å².